The fraction of sp³-hybridized carbons (Fsp3) is 0.615. The molecule has 0 radical (unpaired) electrons. The van der Waals surface area contributed by atoms with E-state index in [1.54, 1.807) is 11.3 Å². The predicted molar refractivity (Wildman–Crippen MR) is 71.3 cm³/mol. The van der Waals surface area contributed by atoms with Gasteiger partial charge in [0.25, 0.3) is 0 Å². The van der Waals surface area contributed by atoms with E-state index in [0.29, 0.717) is 6.04 Å². The molecular weight excluding hydrogens is 230 g/mol. The van der Waals surface area contributed by atoms with Crippen molar-refractivity contribution in [2.75, 3.05) is 0 Å². The van der Waals surface area contributed by atoms with Crippen LogP contribution in [-0.4, -0.2) is 15.4 Å². The molecule has 0 amide bonds. The van der Waals surface area contributed by atoms with Gasteiger partial charge in [0.1, 0.15) is 0 Å². The average Bonchev–Trinajstić information content (AvgIpc) is 2.78. The Bertz CT molecular complexity index is 459. The molecule has 1 fully saturated rings. The molecule has 17 heavy (non-hydrogen) atoms. The van der Waals surface area contributed by atoms with Gasteiger partial charge < -0.3 is 5.73 Å². The van der Waals surface area contributed by atoms with Crippen LogP contribution in [0.15, 0.2) is 17.8 Å². The zero-order valence-corrected chi connectivity index (χ0v) is 10.8. The van der Waals surface area contributed by atoms with Crippen molar-refractivity contribution in [1.82, 2.24) is 9.38 Å². The molecule has 0 aliphatic heterocycles. The van der Waals surface area contributed by atoms with E-state index in [1.165, 1.54) is 37.8 Å². The van der Waals surface area contributed by atoms with Crippen LogP contribution in [-0.2, 0) is 6.42 Å². The van der Waals surface area contributed by atoms with Gasteiger partial charge in [-0.3, -0.25) is 4.40 Å². The number of aromatic nitrogens is 2. The molecule has 92 valence electrons. The summed E-state index contributed by atoms with van der Waals surface area (Å²) in [5, 5.41) is 2.08. The number of nitrogens with zero attached hydrogens (tertiary/aromatic N) is 2. The molecular formula is C13H19N3S. The monoisotopic (exact) mass is 249 g/mol. The Morgan fingerprint density at radius 1 is 1.41 bits per heavy atom. The summed E-state index contributed by atoms with van der Waals surface area (Å²) in [7, 11) is 0. The SMILES string of the molecule is NC1CCCCC(Cc2cn3ccsc3n2)C1. The van der Waals surface area contributed by atoms with Crippen molar-refractivity contribution in [3.05, 3.63) is 23.5 Å². The van der Waals surface area contributed by atoms with Gasteiger partial charge in [0.15, 0.2) is 4.96 Å². The molecule has 3 rings (SSSR count). The van der Waals surface area contributed by atoms with Crippen LogP contribution in [0.5, 0.6) is 0 Å². The number of rotatable bonds is 2. The van der Waals surface area contributed by atoms with E-state index in [2.05, 4.69) is 27.2 Å². The molecule has 0 saturated heterocycles. The second-order valence-corrected chi connectivity index (χ2v) is 6.05. The van der Waals surface area contributed by atoms with Gasteiger partial charge in [-0.1, -0.05) is 19.3 Å². The smallest absolute Gasteiger partial charge is 0.193 e. The third kappa shape index (κ3) is 2.53. The lowest BCUT2D eigenvalue weighted by atomic mass is 9.94. The fourth-order valence-electron chi connectivity index (χ4n) is 2.86. The summed E-state index contributed by atoms with van der Waals surface area (Å²) in [6, 6.07) is 0.409. The zero-order valence-electron chi connectivity index (χ0n) is 10.0. The number of hydrogen-bond donors (Lipinski definition) is 1. The Hall–Kier alpha value is -0.870. The Balaban J connectivity index is 1.71. The number of hydrogen-bond acceptors (Lipinski definition) is 3. The molecule has 2 atom stereocenters. The van der Waals surface area contributed by atoms with Crippen molar-refractivity contribution in [2.24, 2.45) is 11.7 Å². The summed E-state index contributed by atoms with van der Waals surface area (Å²) >= 11 is 1.70. The molecule has 2 heterocycles. The maximum Gasteiger partial charge on any atom is 0.193 e. The Kier molecular flexibility index (Phi) is 3.16. The van der Waals surface area contributed by atoms with Crippen molar-refractivity contribution in [1.29, 1.82) is 0 Å². The quantitative estimate of drug-likeness (QED) is 0.832. The highest BCUT2D eigenvalue weighted by atomic mass is 32.1. The van der Waals surface area contributed by atoms with E-state index < -0.39 is 0 Å². The molecule has 1 aliphatic rings. The minimum absolute atomic E-state index is 0.409. The van der Waals surface area contributed by atoms with E-state index in [-0.39, 0.29) is 0 Å². The standard InChI is InChI=1S/C13H19N3S/c14-11-4-2-1-3-10(7-11)8-12-9-16-5-6-17-13(16)15-12/h5-6,9-11H,1-4,7-8,14H2. The van der Waals surface area contributed by atoms with Crippen LogP contribution in [0.25, 0.3) is 4.96 Å². The van der Waals surface area contributed by atoms with Crippen LogP contribution in [0, 0.1) is 5.92 Å². The normalized spacial score (nSPS) is 26.2. The van der Waals surface area contributed by atoms with Crippen LogP contribution >= 0.6 is 11.3 Å². The molecule has 0 bridgehead atoms. The van der Waals surface area contributed by atoms with Gasteiger partial charge in [0.05, 0.1) is 5.69 Å². The summed E-state index contributed by atoms with van der Waals surface area (Å²) in [6.07, 6.45) is 11.7. The van der Waals surface area contributed by atoms with Gasteiger partial charge >= 0.3 is 0 Å². The minimum Gasteiger partial charge on any atom is -0.328 e. The molecule has 4 heteroatoms. The number of thiazole rings is 1. The Morgan fingerprint density at radius 3 is 3.18 bits per heavy atom. The van der Waals surface area contributed by atoms with Crippen molar-refractivity contribution in [3.8, 4) is 0 Å². The molecule has 0 spiro atoms. The fourth-order valence-corrected chi connectivity index (χ4v) is 3.58. The minimum atomic E-state index is 0.409. The highest BCUT2D eigenvalue weighted by molar-refractivity contribution is 7.15. The maximum atomic E-state index is 6.11. The van der Waals surface area contributed by atoms with Gasteiger partial charge in [0, 0.05) is 23.8 Å². The average molecular weight is 249 g/mol. The largest absolute Gasteiger partial charge is 0.328 e. The first-order valence-electron chi connectivity index (χ1n) is 6.48. The van der Waals surface area contributed by atoms with Crippen LogP contribution in [0.4, 0.5) is 0 Å². The van der Waals surface area contributed by atoms with E-state index in [9.17, 15) is 0 Å². The van der Waals surface area contributed by atoms with E-state index >= 15 is 0 Å². The molecule has 0 aromatic carbocycles. The van der Waals surface area contributed by atoms with Crippen molar-refractivity contribution in [3.63, 3.8) is 0 Å². The summed E-state index contributed by atoms with van der Waals surface area (Å²) in [6.45, 7) is 0. The van der Waals surface area contributed by atoms with Crippen LogP contribution < -0.4 is 5.73 Å². The van der Waals surface area contributed by atoms with Gasteiger partial charge in [0.2, 0.25) is 0 Å². The first-order valence-corrected chi connectivity index (χ1v) is 7.36. The van der Waals surface area contributed by atoms with Crippen molar-refractivity contribution >= 4 is 16.3 Å². The molecule has 2 aromatic heterocycles. The molecule has 3 nitrogen and oxygen atoms in total. The van der Waals surface area contributed by atoms with E-state index in [0.717, 1.165) is 17.3 Å². The molecule has 1 saturated carbocycles. The second kappa shape index (κ2) is 4.78. The summed E-state index contributed by atoms with van der Waals surface area (Å²) < 4.78 is 2.12. The third-order valence-corrected chi connectivity index (χ3v) is 4.49. The Morgan fingerprint density at radius 2 is 2.29 bits per heavy atom. The van der Waals surface area contributed by atoms with Crippen LogP contribution in [0.1, 0.15) is 37.8 Å². The van der Waals surface area contributed by atoms with Crippen LogP contribution in [0.3, 0.4) is 0 Å². The van der Waals surface area contributed by atoms with Crippen LogP contribution in [0.2, 0.25) is 0 Å². The van der Waals surface area contributed by atoms with Crippen molar-refractivity contribution in [2.45, 2.75) is 44.6 Å². The zero-order chi connectivity index (χ0) is 11.7. The van der Waals surface area contributed by atoms with E-state index in [1.807, 2.05) is 0 Å². The highest BCUT2D eigenvalue weighted by Gasteiger charge is 2.19. The summed E-state index contributed by atoms with van der Waals surface area (Å²) in [5.41, 5.74) is 7.34. The van der Waals surface area contributed by atoms with Crippen molar-refractivity contribution < 1.29 is 0 Å². The highest BCUT2D eigenvalue weighted by Crippen LogP contribution is 2.25. The molecule has 2 aromatic rings. The maximum absolute atomic E-state index is 6.11. The second-order valence-electron chi connectivity index (χ2n) is 5.18. The third-order valence-electron chi connectivity index (χ3n) is 3.71. The first kappa shape index (κ1) is 11.2. The van der Waals surface area contributed by atoms with Gasteiger partial charge in [-0.25, -0.2) is 4.98 Å². The van der Waals surface area contributed by atoms with Gasteiger partial charge in [-0.05, 0) is 25.2 Å². The van der Waals surface area contributed by atoms with E-state index in [4.69, 9.17) is 5.73 Å². The predicted octanol–water partition coefficient (Wildman–Crippen LogP) is 2.85. The lowest BCUT2D eigenvalue weighted by Crippen LogP contribution is -2.22. The lowest BCUT2D eigenvalue weighted by Gasteiger charge is -2.15. The molecule has 1 aliphatic carbocycles. The number of fused-ring (bicyclic) bond motifs is 1. The van der Waals surface area contributed by atoms with Gasteiger partial charge in [-0.2, -0.15) is 0 Å². The summed E-state index contributed by atoms with van der Waals surface area (Å²) in [5.74, 6) is 0.733. The first-order chi connectivity index (χ1) is 8.31. The molecule has 2 N–H and O–H groups in total. The Labute approximate surface area is 106 Å². The number of nitrogens with two attached hydrogens (primary N) is 1. The lowest BCUT2D eigenvalue weighted by molar-refractivity contribution is 0.428. The number of imidazole rings is 1. The summed E-state index contributed by atoms with van der Waals surface area (Å²) in [4.78, 5) is 5.77. The van der Waals surface area contributed by atoms with Gasteiger partial charge in [-0.15, -0.1) is 11.3 Å². The topological polar surface area (TPSA) is 43.3 Å². The molecule has 2 unspecified atom stereocenters.